The maximum atomic E-state index is 5.86. The lowest BCUT2D eigenvalue weighted by Crippen LogP contribution is -2.37. The van der Waals surface area contributed by atoms with E-state index < -0.39 is 0 Å². The highest BCUT2D eigenvalue weighted by Crippen LogP contribution is 2.20. The van der Waals surface area contributed by atoms with E-state index in [1.165, 1.54) is 0 Å². The lowest BCUT2D eigenvalue weighted by atomic mass is 10.1. The van der Waals surface area contributed by atoms with Crippen LogP contribution in [0.5, 0.6) is 5.75 Å². The lowest BCUT2D eigenvalue weighted by Gasteiger charge is -2.15. The molecule has 0 fully saturated rings. The van der Waals surface area contributed by atoms with E-state index in [1.54, 1.807) is 20.5 Å². The molecule has 9 heteroatoms. The Morgan fingerprint density at radius 2 is 1.84 bits per heavy atom. The molecular weight excluding hydrogens is 507 g/mol. The summed E-state index contributed by atoms with van der Waals surface area (Å²) < 4.78 is 12.9. The van der Waals surface area contributed by atoms with Crippen molar-refractivity contribution >= 4 is 29.9 Å². The zero-order valence-corrected chi connectivity index (χ0v) is 20.4. The van der Waals surface area contributed by atoms with E-state index in [2.05, 4.69) is 38.0 Å². The topological polar surface area (TPSA) is 85.6 Å². The van der Waals surface area contributed by atoms with E-state index >= 15 is 0 Å². The van der Waals surface area contributed by atoms with Crippen molar-refractivity contribution in [1.82, 2.24) is 25.4 Å². The first kappa shape index (κ1) is 24.6. The molecule has 0 amide bonds. The van der Waals surface area contributed by atoms with Gasteiger partial charge in [-0.3, -0.25) is 9.56 Å². The number of rotatable bonds is 9. The van der Waals surface area contributed by atoms with Crippen LogP contribution in [0.15, 0.2) is 59.9 Å². The van der Waals surface area contributed by atoms with E-state index in [4.69, 9.17) is 9.47 Å². The fraction of sp³-hybridized carbons (Fsp3) is 0.318. The van der Waals surface area contributed by atoms with Crippen molar-refractivity contribution < 1.29 is 9.47 Å². The van der Waals surface area contributed by atoms with Crippen LogP contribution in [-0.4, -0.2) is 48.1 Å². The molecule has 3 rings (SSSR count). The van der Waals surface area contributed by atoms with Crippen LogP contribution in [0.1, 0.15) is 17.0 Å². The summed E-state index contributed by atoms with van der Waals surface area (Å²) in [6.45, 7) is 4.16. The minimum atomic E-state index is 0. The number of nitrogens with one attached hydrogen (secondary N) is 2. The van der Waals surface area contributed by atoms with E-state index in [0.29, 0.717) is 32.3 Å². The van der Waals surface area contributed by atoms with Crippen molar-refractivity contribution in [3.63, 3.8) is 0 Å². The predicted molar refractivity (Wildman–Crippen MR) is 132 cm³/mol. The minimum Gasteiger partial charge on any atom is -0.491 e. The summed E-state index contributed by atoms with van der Waals surface area (Å²) in [7, 11) is 3.40. The van der Waals surface area contributed by atoms with Crippen molar-refractivity contribution in [1.29, 1.82) is 0 Å². The number of benzene rings is 2. The van der Waals surface area contributed by atoms with Crippen molar-refractivity contribution in [3.8, 4) is 11.4 Å². The Kier molecular flexibility index (Phi) is 10.2. The molecule has 0 spiro atoms. The SMILES string of the molecule is CN=C(NCc1ccc(C)cc1OCCOC)NCc1nncn1-c1ccccc1.I. The summed E-state index contributed by atoms with van der Waals surface area (Å²) in [6, 6.07) is 16.1. The van der Waals surface area contributed by atoms with Gasteiger partial charge in [0.1, 0.15) is 18.7 Å². The molecule has 8 nitrogen and oxygen atoms in total. The van der Waals surface area contributed by atoms with E-state index in [0.717, 1.165) is 28.4 Å². The molecule has 31 heavy (non-hydrogen) atoms. The number of halogens is 1. The summed E-state index contributed by atoms with van der Waals surface area (Å²) in [5.41, 5.74) is 3.21. The van der Waals surface area contributed by atoms with Crippen LogP contribution >= 0.6 is 24.0 Å². The third-order valence-corrected chi connectivity index (χ3v) is 4.50. The van der Waals surface area contributed by atoms with Crippen LogP contribution < -0.4 is 15.4 Å². The fourth-order valence-electron chi connectivity index (χ4n) is 2.92. The number of nitrogens with zero attached hydrogens (tertiary/aromatic N) is 4. The molecule has 2 aromatic carbocycles. The normalized spacial score (nSPS) is 11.0. The van der Waals surface area contributed by atoms with Gasteiger partial charge in [0.05, 0.1) is 13.2 Å². The van der Waals surface area contributed by atoms with Crippen LogP contribution in [-0.2, 0) is 17.8 Å². The van der Waals surface area contributed by atoms with Crippen LogP contribution in [0, 0.1) is 6.92 Å². The molecule has 2 N–H and O–H groups in total. The Morgan fingerprint density at radius 3 is 2.58 bits per heavy atom. The molecule has 0 radical (unpaired) electrons. The molecule has 1 aromatic heterocycles. The van der Waals surface area contributed by atoms with Crippen LogP contribution in [0.3, 0.4) is 0 Å². The third kappa shape index (κ3) is 7.21. The molecule has 0 aliphatic carbocycles. The molecule has 0 saturated heterocycles. The standard InChI is InChI=1S/C22H28N6O2.HI/c1-17-9-10-18(20(13-17)30-12-11-29-3)14-24-22(23-2)25-15-21-27-26-16-28(21)19-7-5-4-6-8-19;/h4-10,13,16H,11-12,14-15H2,1-3H3,(H2,23,24,25);1H. The summed E-state index contributed by atoms with van der Waals surface area (Å²) in [4.78, 5) is 4.30. The average Bonchev–Trinajstić information content (AvgIpc) is 3.24. The molecule has 0 unspecified atom stereocenters. The van der Waals surface area contributed by atoms with Crippen molar-refractivity contribution in [2.75, 3.05) is 27.4 Å². The smallest absolute Gasteiger partial charge is 0.191 e. The second-order valence-corrected chi connectivity index (χ2v) is 6.68. The number of aryl methyl sites for hydroxylation is 1. The summed E-state index contributed by atoms with van der Waals surface area (Å²) in [6.07, 6.45) is 1.71. The lowest BCUT2D eigenvalue weighted by molar-refractivity contribution is 0.145. The van der Waals surface area contributed by atoms with Gasteiger partial charge in [-0.2, -0.15) is 0 Å². The van der Waals surface area contributed by atoms with Gasteiger partial charge < -0.3 is 20.1 Å². The Hall–Kier alpha value is -2.66. The number of ether oxygens (including phenoxy) is 2. The molecule has 0 atom stereocenters. The zero-order chi connectivity index (χ0) is 21.2. The summed E-state index contributed by atoms with van der Waals surface area (Å²) in [5.74, 6) is 2.31. The number of aliphatic imine (C=N–C) groups is 1. The van der Waals surface area contributed by atoms with Gasteiger partial charge in [0, 0.05) is 32.0 Å². The van der Waals surface area contributed by atoms with Gasteiger partial charge in [0.15, 0.2) is 11.8 Å². The van der Waals surface area contributed by atoms with Gasteiger partial charge >= 0.3 is 0 Å². The van der Waals surface area contributed by atoms with Crippen molar-refractivity contribution in [3.05, 3.63) is 71.8 Å². The summed E-state index contributed by atoms with van der Waals surface area (Å²) >= 11 is 0. The van der Waals surface area contributed by atoms with Crippen LogP contribution in [0.4, 0.5) is 0 Å². The number of para-hydroxylation sites is 1. The largest absolute Gasteiger partial charge is 0.491 e. The average molecular weight is 536 g/mol. The van der Waals surface area contributed by atoms with E-state index in [1.807, 2.05) is 47.9 Å². The first-order chi connectivity index (χ1) is 14.7. The first-order valence-corrected chi connectivity index (χ1v) is 9.81. The Balaban J connectivity index is 0.00000341. The fourth-order valence-corrected chi connectivity index (χ4v) is 2.92. The maximum Gasteiger partial charge on any atom is 0.191 e. The number of hydrogen-bond acceptors (Lipinski definition) is 5. The molecule has 0 aliphatic heterocycles. The number of methoxy groups -OCH3 is 1. The maximum absolute atomic E-state index is 5.86. The predicted octanol–water partition coefficient (Wildman–Crippen LogP) is 3.08. The van der Waals surface area contributed by atoms with Gasteiger partial charge in [0.25, 0.3) is 0 Å². The second-order valence-electron chi connectivity index (χ2n) is 6.68. The van der Waals surface area contributed by atoms with E-state index in [9.17, 15) is 0 Å². The first-order valence-electron chi connectivity index (χ1n) is 9.81. The van der Waals surface area contributed by atoms with Gasteiger partial charge in [-0.15, -0.1) is 34.2 Å². The Labute approximate surface area is 200 Å². The molecule has 3 aromatic rings. The molecule has 0 bridgehead atoms. The van der Waals surface area contributed by atoms with Crippen molar-refractivity contribution in [2.45, 2.75) is 20.0 Å². The number of hydrogen-bond donors (Lipinski definition) is 2. The van der Waals surface area contributed by atoms with Gasteiger partial charge in [-0.1, -0.05) is 30.3 Å². The molecular formula is C22H29IN6O2. The monoisotopic (exact) mass is 536 g/mol. The Morgan fingerprint density at radius 1 is 1.06 bits per heavy atom. The quantitative estimate of drug-likeness (QED) is 0.189. The minimum absolute atomic E-state index is 0. The van der Waals surface area contributed by atoms with Gasteiger partial charge in [-0.25, -0.2) is 0 Å². The van der Waals surface area contributed by atoms with Gasteiger partial charge in [-0.05, 0) is 30.7 Å². The summed E-state index contributed by atoms with van der Waals surface area (Å²) in [5, 5.41) is 14.9. The second kappa shape index (κ2) is 12.9. The van der Waals surface area contributed by atoms with Gasteiger partial charge in [0.2, 0.25) is 0 Å². The highest BCUT2D eigenvalue weighted by molar-refractivity contribution is 14.0. The highest BCUT2D eigenvalue weighted by Gasteiger charge is 2.09. The molecule has 1 heterocycles. The van der Waals surface area contributed by atoms with Crippen LogP contribution in [0.25, 0.3) is 5.69 Å². The van der Waals surface area contributed by atoms with E-state index in [-0.39, 0.29) is 24.0 Å². The van der Waals surface area contributed by atoms with Crippen LogP contribution in [0.2, 0.25) is 0 Å². The Bertz CT molecular complexity index is 962. The molecule has 0 saturated carbocycles. The molecule has 166 valence electrons. The zero-order valence-electron chi connectivity index (χ0n) is 18.0. The number of guanidine groups is 1. The number of aromatic nitrogens is 3. The van der Waals surface area contributed by atoms with Crippen molar-refractivity contribution in [2.24, 2.45) is 4.99 Å². The molecule has 0 aliphatic rings. The highest BCUT2D eigenvalue weighted by atomic mass is 127. The third-order valence-electron chi connectivity index (χ3n) is 4.50.